The Hall–Kier alpha value is -3.45. The van der Waals surface area contributed by atoms with Gasteiger partial charge in [-0.1, -0.05) is 60.7 Å². The maximum atomic E-state index is 12.8. The van der Waals surface area contributed by atoms with E-state index in [0.29, 0.717) is 25.2 Å². The number of carbonyl (C=O) groups is 2. The molecular formula is C25H29N3O4. The highest BCUT2D eigenvalue weighted by atomic mass is 16.5. The molecule has 0 aliphatic carbocycles. The van der Waals surface area contributed by atoms with Crippen molar-refractivity contribution in [2.24, 2.45) is 0 Å². The third kappa shape index (κ3) is 6.04. The lowest BCUT2D eigenvalue weighted by Crippen LogP contribution is -2.47. The number of aryl methyl sites for hydroxylation is 2. The normalized spacial score (nSPS) is 12.7. The molecule has 0 unspecified atom stereocenters. The summed E-state index contributed by atoms with van der Waals surface area (Å²) in [6, 6.07) is 19.6. The fourth-order valence-corrected chi connectivity index (χ4v) is 3.33. The number of nitrogens with one attached hydrogen (secondary N) is 2. The van der Waals surface area contributed by atoms with Crippen LogP contribution in [0.15, 0.2) is 65.1 Å². The standard InChI is InChI=1S/C25H29N3O4/c1-18-22(23(30)26-3)27-24(32-18)25(2,17-31-16-20-12-8-5-9-13-20)28-21(29)15-14-19-10-6-4-7-11-19/h4-13H,14-17H2,1-3H3,(H,26,30)(H,28,29)/t25-/m0/s1. The largest absolute Gasteiger partial charge is 0.442 e. The van der Waals surface area contributed by atoms with Gasteiger partial charge in [-0.25, -0.2) is 4.98 Å². The van der Waals surface area contributed by atoms with Gasteiger partial charge in [-0.3, -0.25) is 9.59 Å². The Labute approximate surface area is 188 Å². The van der Waals surface area contributed by atoms with Gasteiger partial charge in [-0.05, 0) is 31.4 Å². The van der Waals surface area contributed by atoms with Crippen LogP contribution >= 0.6 is 0 Å². The number of ether oxygens (including phenoxy) is 1. The first kappa shape index (κ1) is 23.2. The molecule has 0 spiro atoms. The average molecular weight is 436 g/mol. The lowest BCUT2D eigenvalue weighted by Gasteiger charge is -2.27. The predicted molar refractivity (Wildman–Crippen MR) is 121 cm³/mol. The zero-order valence-corrected chi connectivity index (χ0v) is 18.7. The molecule has 2 N–H and O–H groups in total. The minimum atomic E-state index is -1.04. The van der Waals surface area contributed by atoms with E-state index in [0.717, 1.165) is 11.1 Å². The van der Waals surface area contributed by atoms with Crippen LogP contribution in [0.4, 0.5) is 0 Å². The van der Waals surface area contributed by atoms with Gasteiger partial charge in [0.1, 0.15) is 11.3 Å². The monoisotopic (exact) mass is 435 g/mol. The first-order valence-electron chi connectivity index (χ1n) is 10.6. The summed E-state index contributed by atoms with van der Waals surface area (Å²) in [4.78, 5) is 29.3. The van der Waals surface area contributed by atoms with E-state index in [1.54, 1.807) is 13.8 Å². The smallest absolute Gasteiger partial charge is 0.273 e. The van der Waals surface area contributed by atoms with Gasteiger partial charge in [0.25, 0.3) is 5.91 Å². The summed E-state index contributed by atoms with van der Waals surface area (Å²) < 4.78 is 11.7. The Morgan fingerprint density at radius 1 is 1.03 bits per heavy atom. The number of oxazole rings is 1. The van der Waals surface area contributed by atoms with Gasteiger partial charge in [-0.15, -0.1) is 0 Å². The summed E-state index contributed by atoms with van der Waals surface area (Å²) >= 11 is 0. The topological polar surface area (TPSA) is 93.5 Å². The number of hydrogen-bond donors (Lipinski definition) is 2. The number of aromatic nitrogens is 1. The minimum Gasteiger partial charge on any atom is -0.442 e. The molecule has 32 heavy (non-hydrogen) atoms. The molecule has 2 aromatic carbocycles. The third-order valence-corrected chi connectivity index (χ3v) is 5.11. The average Bonchev–Trinajstić information content (AvgIpc) is 3.21. The molecule has 0 aliphatic heterocycles. The molecule has 2 amide bonds. The molecule has 1 heterocycles. The Balaban J connectivity index is 1.75. The maximum absolute atomic E-state index is 12.8. The van der Waals surface area contributed by atoms with Crippen molar-refractivity contribution in [3.05, 3.63) is 89.1 Å². The van der Waals surface area contributed by atoms with Crippen LogP contribution in [-0.2, 0) is 28.1 Å². The van der Waals surface area contributed by atoms with Gasteiger partial charge in [0.2, 0.25) is 11.8 Å². The van der Waals surface area contributed by atoms with E-state index < -0.39 is 5.54 Å². The van der Waals surface area contributed by atoms with E-state index in [1.807, 2.05) is 60.7 Å². The van der Waals surface area contributed by atoms with Gasteiger partial charge >= 0.3 is 0 Å². The van der Waals surface area contributed by atoms with Gasteiger partial charge in [0, 0.05) is 13.5 Å². The number of amides is 2. The summed E-state index contributed by atoms with van der Waals surface area (Å²) in [5, 5.41) is 5.56. The Morgan fingerprint density at radius 3 is 2.28 bits per heavy atom. The fourth-order valence-electron chi connectivity index (χ4n) is 3.33. The molecule has 0 radical (unpaired) electrons. The van der Waals surface area contributed by atoms with E-state index in [1.165, 1.54) is 7.05 Å². The second-order valence-corrected chi connectivity index (χ2v) is 7.85. The van der Waals surface area contributed by atoms with Crippen LogP contribution in [0.25, 0.3) is 0 Å². The first-order valence-corrected chi connectivity index (χ1v) is 10.6. The van der Waals surface area contributed by atoms with E-state index in [-0.39, 0.29) is 30.0 Å². The van der Waals surface area contributed by atoms with Gasteiger partial charge in [-0.2, -0.15) is 0 Å². The molecule has 168 valence electrons. The SMILES string of the molecule is CNC(=O)c1nc([C@](C)(COCc2ccccc2)NC(=O)CCc2ccccc2)oc1C. The van der Waals surface area contributed by atoms with E-state index in [2.05, 4.69) is 15.6 Å². The molecule has 0 saturated carbocycles. The van der Waals surface area contributed by atoms with E-state index in [9.17, 15) is 9.59 Å². The van der Waals surface area contributed by atoms with Crippen LogP contribution in [-0.4, -0.2) is 30.5 Å². The molecule has 7 nitrogen and oxygen atoms in total. The molecular weight excluding hydrogens is 406 g/mol. The summed E-state index contributed by atoms with van der Waals surface area (Å²) in [7, 11) is 1.53. The van der Waals surface area contributed by atoms with Crippen molar-refractivity contribution in [1.29, 1.82) is 0 Å². The van der Waals surface area contributed by atoms with E-state index in [4.69, 9.17) is 9.15 Å². The highest BCUT2D eigenvalue weighted by Gasteiger charge is 2.36. The van der Waals surface area contributed by atoms with Crippen LogP contribution in [0, 0.1) is 6.92 Å². The first-order chi connectivity index (χ1) is 15.4. The van der Waals surface area contributed by atoms with Crippen LogP contribution in [0.3, 0.4) is 0 Å². The van der Waals surface area contributed by atoms with E-state index >= 15 is 0 Å². The fraction of sp³-hybridized carbons (Fsp3) is 0.320. The van der Waals surface area contributed by atoms with Crippen molar-refractivity contribution in [3.63, 3.8) is 0 Å². The van der Waals surface area contributed by atoms with Crippen LogP contribution in [0.1, 0.15) is 46.6 Å². The lowest BCUT2D eigenvalue weighted by atomic mass is 10.0. The highest BCUT2D eigenvalue weighted by molar-refractivity contribution is 5.93. The number of nitrogens with zero attached hydrogens (tertiary/aromatic N) is 1. The molecule has 0 saturated heterocycles. The van der Waals surface area contributed by atoms with Gasteiger partial charge in [0.15, 0.2) is 5.69 Å². The second kappa shape index (κ2) is 10.7. The lowest BCUT2D eigenvalue weighted by molar-refractivity contribution is -0.124. The zero-order chi connectivity index (χ0) is 23.0. The Morgan fingerprint density at radius 2 is 1.66 bits per heavy atom. The van der Waals surface area contributed by atoms with Crippen molar-refractivity contribution in [1.82, 2.24) is 15.6 Å². The van der Waals surface area contributed by atoms with Crippen molar-refractivity contribution >= 4 is 11.8 Å². The van der Waals surface area contributed by atoms with Gasteiger partial charge < -0.3 is 19.8 Å². The van der Waals surface area contributed by atoms with Crippen LogP contribution < -0.4 is 10.6 Å². The quantitative estimate of drug-likeness (QED) is 0.508. The number of hydrogen-bond acceptors (Lipinski definition) is 5. The molecule has 3 rings (SSSR count). The number of carbonyl (C=O) groups excluding carboxylic acids is 2. The third-order valence-electron chi connectivity index (χ3n) is 5.11. The molecule has 1 atom stereocenters. The Kier molecular flexibility index (Phi) is 7.78. The van der Waals surface area contributed by atoms with Crippen LogP contribution in [0.5, 0.6) is 0 Å². The second-order valence-electron chi connectivity index (χ2n) is 7.85. The Bertz CT molecular complexity index is 1030. The van der Waals surface area contributed by atoms with Gasteiger partial charge in [0.05, 0.1) is 13.2 Å². The molecule has 7 heteroatoms. The summed E-state index contributed by atoms with van der Waals surface area (Å²) in [6.07, 6.45) is 0.919. The minimum absolute atomic E-state index is 0.131. The van der Waals surface area contributed by atoms with Crippen LogP contribution in [0.2, 0.25) is 0 Å². The van der Waals surface area contributed by atoms with Crippen molar-refractivity contribution < 1.29 is 18.7 Å². The number of benzene rings is 2. The summed E-state index contributed by atoms with van der Waals surface area (Å²) in [5.41, 5.74) is 1.24. The number of rotatable bonds is 10. The summed E-state index contributed by atoms with van der Waals surface area (Å²) in [5.74, 6) is 0.111. The van der Waals surface area contributed by atoms with Crippen molar-refractivity contribution in [2.75, 3.05) is 13.7 Å². The summed E-state index contributed by atoms with van der Waals surface area (Å²) in [6.45, 7) is 3.96. The zero-order valence-electron chi connectivity index (χ0n) is 18.7. The molecule has 1 aromatic heterocycles. The highest BCUT2D eigenvalue weighted by Crippen LogP contribution is 2.24. The molecule has 0 bridgehead atoms. The molecule has 0 aliphatic rings. The van der Waals surface area contributed by atoms with Crippen molar-refractivity contribution in [3.8, 4) is 0 Å². The molecule has 3 aromatic rings. The predicted octanol–water partition coefficient (Wildman–Crippen LogP) is 3.52. The van der Waals surface area contributed by atoms with Crippen molar-refractivity contribution in [2.45, 2.75) is 38.8 Å². The maximum Gasteiger partial charge on any atom is 0.273 e. The molecule has 0 fully saturated rings.